The molecule has 0 heterocycles. The van der Waals surface area contributed by atoms with E-state index in [0.29, 0.717) is 5.41 Å². The molecule has 0 radical (unpaired) electrons. The lowest BCUT2D eigenvalue weighted by Crippen LogP contribution is -2.28. The minimum atomic E-state index is 0. The van der Waals surface area contributed by atoms with Crippen LogP contribution in [-0.4, -0.2) is 6.54 Å². The van der Waals surface area contributed by atoms with Crippen molar-refractivity contribution in [3.63, 3.8) is 0 Å². The van der Waals surface area contributed by atoms with E-state index in [1.54, 1.807) is 0 Å². The van der Waals surface area contributed by atoms with E-state index in [0.717, 1.165) is 12.5 Å². The molecular weight excluding hydrogens is 158 g/mol. The third kappa shape index (κ3) is 3.44. The van der Waals surface area contributed by atoms with Gasteiger partial charge in [-0.2, -0.15) is 0 Å². The van der Waals surface area contributed by atoms with Crippen molar-refractivity contribution < 1.29 is 0 Å². The molecule has 11 heavy (non-hydrogen) atoms. The summed E-state index contributed by atoms with van der Waals surface area (Å²) in [5.74, 6) is 0.999. The van der Waals surface area contributed by atoms with Gasteiger partial charge in [0.25, 0.3) is 0 Å². The van der Waals surface area contributed by atoms with E-state index in [9.17, 15) is 0 Å². The molecule has 0 atom stereocenters. The summed E-state index contributed by atoms with van der Waals surface area (Å²) in [6.45, 7) is 5.38. The van der Waals surface area contributed by atoms with E-state index < -0.39 is 0 Å². The summed E-state index contributed by atoms with van der Waals surface area (Å²) in [6.07, 6.45) is 5.68. The van der Waals surface area contributed by atoms with Crippen LogP contribution in [0.4, 0.5) is 0 Å². The van der Waals surface area contributed by atoms with Gasteiger partial charge in [-0.1, -0.05) is 33.1 Å². The fraction of sp³-hybridized carbons (Fsp3) is 1.00. The van der Waals surface area contributed by atoms with Crippen LogP contribution in [0.1, 0.15) is 39.5 Å². The number of rotatable bonds is 3. The molecule has 1 nitrogen and oxygen atoms in total. The van der Waals surface area contributed by atoms with Gasteiger partial charge >= 0.3 is 0 Å². The third-order valence-corrected chi connectivity index (χ3v) is 2.62. The van der Waals surface area contributed by atoms with Gasteiger partial charge in [-0.25, -0.2) is 0 Å². The molecule has 1 aliphatic carbocycles. The van der Waals surface area contributed by atoms with Crippen LogP contribution in [0.25, 0.3) is 0 Å². The molecule has 68 valence electrons. The predicted octanol–water partition coefficient (Wildman–Crippen LogP) is 2.58. The van der Waals surface area contributed by atoms with Gasteiger partial charge in [0.1, 0.15) is 0 Å². The summed E-state index contributed by atoms with van der Waals surface area (Å²) in [5, 5.41) is 0. The Labute approximate surface area is 76.1 Å². The molecule has 0 spiro atoms. The molecule has 0 bridgehead atoms. The molecule has 1 fully saturated rings. The molecule has 0 aromatic rings. The summed E-state index contributed by atoms with van der Waals surface area (Å²) in [5.41, 5.74) is 6.03. The number of nitrogens with two attached hydrogens (primary N) is 1. The summed E-state index contributed by atoms with van der Waals surface area (Å²) in [6, 6.07) is 0. The summed E-state index contributed by atoms with van der Waals surface area (Å²) >= 11 is 0. The monoisotopic (exact) mass is 177 g/mol. The molecule has 0 aromatic carbocycles. The molecule has 1 aliphatic rings. The normalized spacial score (nSPS) is 18.8. The van der Waals surface area contributed by atoms with E-state index in [1.165, 1.54) is 25.7 Å². The highest BCUT2D eigenvalue weighted by molar-refractivity contribution is 5.85. The van der Waals surface area contributed by atoms with E-state index >= 15 is 0 Å². The molecule has 0 unspecified atom stereocenters. The Kier molecular flexibility index (Phi) is 4.42. The fourth-order valence-electron chi connectivity index (χ4n) is 1.56. The molecule has 0 saturated heterocycles. The highest BCUT2D eigenvalue weighted by Crippen LogP contribution is 2.36. The van der Waals surface area contributed by atoms with Gasteiger partial charge < -0.3 is 5.73 Å². The number of halogens is 1. The topological polar surface area (TPSA) is 26.0 Å². The summed E-state index contributed by atoms with van der Waals surface area (Å²) in [7, 11) is 0. The fourth-order valence-corrected chi connectivity index (χ4v) is 1.56. The van der Waals surface area contributed by atoms with Crippen LogP contribution >= 0.6 is 12.4 Å². The van der Waals surface area contributed by atoms with Gasteiger partial charge in [-0.05, 0) is 24.3 Å². The molecule has 1 rings (SSSR count). The Morgan fingerprint density at radius 1 is 1.36 bits per heavy atom. The molecule has 0 amide bonds. The summed E-state index contributed by atoms with van der Waals surface area (Å²) in [4.78, 5) is 0. The Hall–Kier alpha value is 0.250. The Morgan fingerprint density at radius 2 is 1.91 bits per heavy atom. The second-order valence-corrected chi connectivity index (χ2v) is 4.37. The first-order valence-electron chi connectivity index (χ1n) is 4.34. The second kappa shape index (κ2) is 4.32. The van der Waals surface area contributed by atoms with Crippen molar-refractivity contribution in [1.82, 2.24) is 0 Å². The van der Waals surface area contributed by atoms with Crippen LogP contribution in [0.15, 0.2) is 0 Å². The van der Waals surface area contributed by atoms with E-state index in [-0.39, 0.29) is 12.4 Å². The van der Waals surface area contributed by atoms with E-state index in [2.05, 4.69) is 13.8 Å². The van der Waals surface area contributed by atoms with Crippen LogP contribution in [0.5, 0.6) is 0 Å². The van der Waals surface area contributed by atoms with Crippen molar-refractivity contribution >= 4 is 12.4 Å². The first kappa shape index (κ1) is 11.2. The number of hydrogen-bond donors (Lipinski definition) is 1. The van der Waals surface area contributed by atoms with Gasteiger partial charge in [-0.3, -0.25) is 0 Å². The number of hydrogen-bond acceptors (Lipinski definition) is 1. The average molecular weight is 178 g/mol. The van der Waals surface area contributed by atoms with Crippen molar-refractivity contribution in [2.75, 3.05) is 6.54 Å². The lowest BCUT2D eigenvalue weighted by Gasteiger charge is -2.33. The Morgan fingerprint density at radius 3 is 2.18 bits per heavy atom. The maximum Gasteiger partial charge on any atom is -0.00257 e. The maximum atomic E-state index is 5.63. The molecule has 2 N–H and O–H groups in total. The lowest BCUT2D eigenvalue weighted by molar-refractivity contribution is 0.198. The van der Waals surface area contributed by atoms with Gasteiger partial charge in [0.15, 0.2) is 0 Å². The Bertz CT molecular complexity index is 108. The van der Waals surface area contributed by atoms with Crippen molar-refractivity contribution in [2.45, 2.75) is 39.5 Å². The quantitative estimate of drug-likeness (QED) is 0.705. The zero-order chi connectivity index (χ0) is 7.61. The first-order chi connectivity index (χ1) is 4.64. The van der Waals surface area contributed by atoms with Gasteiger partial charge in [-0.15, -0.1) is 12.4 Å². The maximum absolute atomic E-state index is 5.63. The zero-order valence-electron chi connectivity index (χ0n) is 7.60. The molecular formula is C9H20ClN. The molecule has 0 aliphatic heterocycles. The standard InChI is InChI=1S/C9H19N.ClH/c1-9(2,7-10)6-8-4-3-5-8;/h8H,3-7,10H2,1-2H3;1H. The van der Waals surface area contributed by atoms with Crippen LogP contribution in [0.3, 0.4) is 0 Å². The van der Waals surface area contributed by atoms with Crippen molar-refractivity contribution in [3.8, 4) is 0 Å². The minimum Gasteiger partial charge on any atom is -0.330 e. The van der Waals surface area contributed by atoms with Crippen LogP contribution < -0.4 is 5.73 Å². The van der Waals surface area contributed by atoms with Crippen molar-refractivity contribution in [3.05, 3.63) is 0 Å². The molecule has 1 saturated carbocycles. The SMILES string of the molecule is CC(C)(CN)CC1CCC1.Cl. The van der Waals surface area contributed by atoms with Crippen molar-refractivity contribution in [2.24, 2.45) is 17.1 Å². The van der Waals surface area contributed by atoms with Crippen molar-refractivity contribution in [1.29, 1.82) is 0 Å². The largest absolute Gasteiger partial charge is 0.330 e. The predicted molar refractivity (Wildman–Crippen MR) is 52.0 cm³/mol. The van der Waals surface area contributed by atoms with Crippen LogP contribution in [0, 0.1) is 11.3 Å². The van der Waals surface area contributed by atoms with Gasteiger partial charge in [0, 0.05) is 0 Å². The van der Waals surface area contributed by atoms with Crippen LogP contribution in [-0.2, 0) is 0 Å². The van der Waals surface area contributed by atoms with E-state index in [1.807, 2.05) is 0 Å². The smallest absolute Gasteiger partial charge is 0.00257 e. The molecule has 0 aromatic heterocycles. The van der Waals surface area contributed by atoms with Crippen LogP contribution in [0.2, 0.25) is 0 Å². The first-order valence-corrected chi connectivity index (χ1v) is 4.34. The minimum absolute atomic E-state index is 0. The van der Waals surface area contributed by atoms with E-state index in [4.69, 9.17) is 5.73 Å². The second-order valence-electron chi connectivity index (χ2n) is 4.37. The highest BCUT2D eigenvalue weighted by atomic mass is 35.5. The highest BCUT2D eigenvalue weighted by Gasteiger charge is 2.25. The lowest BCUT2D eigenvalue weighted by atomic mass is 9.73. The summed E-state index contributed by atoms with van der Waals surface area (Å²) < 4.78 is 0. The zero-order valence-corrected chi connectivity index (χ0v) is 8.41. The third-order valence-electron chi connectivity index (χ3n) is 2.62. The van der Waals surface area contributed by atoms with Gasteiger partial charge in [0.2, 0.25) is 0 Å². The average Bonchev–Trinajstić information content (AvgIpc) is 1.80. The molecule has 2 heteroatoms. The Balaban J connectivity index is 0.000001000. The van der Waals surface area contributed by atoms with Gasteiger partial charge in [0.05, 0.1) is 0 Å².